The molecular formula is C34H28Cl2N2O7. The van der Waals surface area contributed by atoms with Crippen molar-refractivity contribution in [1.82, 2.24) is 5.32 Å². The number of amides is 4. The van der Waals surface area contributed by atoms with Crippen LogP contribution in [-0.4, -0.2) is 31.6 Å². The highest BCUT2D eigenvalue weighted by Crippen LogP contribution is 2.38. The molecule has 230 valence electrons. The minimum Gasteiger partial charge on any atom is -0.493 e. The second-order valence-corrected chi connectivity index (χ2v) is 10.6. The van der Waals surface area contributed by atoms with Gasteiger partial charge in [0.2, 0.25) is 0 Å². The standard InChI is InChI=1S/C34H28Cl2N2O7/c1-3-43-29-17-22(9-14-28(29)44-19-21-7-5-4-6-8-21)20-45-31-27(36)16-23(18-30(31)42-2)15-26-32(39)37-34(41)38(33(26)40)25-12-10-24(35)11-13-25/h4-18H,3,19-20H2,1-2H3,(H,37,39,41)/b26-15-. The number of hydrogen-bond donors (Lipinski definition) is 1. The summed E-state index contributed by atoms with van der Waals surface area (Å²) in [6, 6.07) is 23.7. The molecule has 0 atom stereocenters. The topological polar surface area (TPSA) is 103 Å². The smallest absolute Gasteiger partial charge is 0.335 e. The van der Waals surface area contributed by atoms with E-state index in [1.165, 1.54) is 43.5 Å². The summed E-state index contributed by atoms with van der Waals surface area (Å²) in [4.78, 5) is 39.2. The van der Waals surface area contributed by atoms with Gasteiger partial charge in [0.15, 0.2) is 23.0 Å². The molecule has 1 fully saturated rings. The maximum Gasteiger partial charge on any atom is 0.335 e. The fourth-order valence-corrected chi connectivity index (χ4v) is 4.93. The van der Waals surface area contributed by atoms with Crippen LogP contribution in [0.2, 0.25) is 10.0 Å². The number of carbonyl (C=O) groups excluding carboxylic acids is 3. The number of halogens is 2. The third-order valence-corrected chi connectivity index (χ3v) is 7.21. The van der Waals surface area contributed by atoms with E-state index in [2.05, 4.69) is 5.32 Å². The van der Waals surface area contributed by atoms with Crippen molar-refractivity contribution < 1.29 is 33.3 Å². The SMILES string of the molecule is CCOc1cc(COc2c(Cl)cc(/C=C3/C(=O)NC(=O)N(c4ccc(Cl)cc4)C3=O)cc2OC)ccc1OCc1ccccc1. The number of hydrogen-bond acceptors (Lipinski definition) is 7. The zero-order valence-corrected chi connectivity index (χ0v) is 25.9. The molecule has 4 aromatic carbocycles. The minimum atomic E-state index is -0.868. The molecule has 0 unspecified atom stereocenters. The molecule has 1 N–H and O–H groups in total. The Morgan fingerprint density at radius 1 is 0.778 bits per heavy atom. The molecule has 0 bridgehead atoms. The average molecular weight is 648 g/mol. The number of anilines is 1. The van der Waals surface area contributed by atoms with Crippen molar-refractivity contribution in [2.24, 2.45) is 0 Å². The summed E-state index contributed by atoms with van der Waals surface area (Å²) in [5, 5.41) is 2.80. The van der Waals surface area contributed by atoms with Crippen LogP contribution in [-0.2, 0) is 22.8 Å². The molecule has 0 spiro atoms. The molecule has 9 nitrogen and oxygen atoms in total. The first-order chi connectivity index (χ1) is 21.8. The Labute approximate surface area is 269 Å². The quantitative estimate of drug-likeness (QED) is 0.135. The predicted octanol–water partition coefficient (Wildman–Crippen LogP) is 7.23. The lowest BCUT2D eigenvalue weighted by Crippen LogP contribution is -2.54. The predicted molar refractivity (Wildman–Crippen MR) is 171 cm³/mol. The highest BCUT2D eigenvalue weighted by Gasteiger charge is 2.37. The van der Waals surface area contributed by atoms with E-state index in [0.29, 0.717) is 35.3 Å². The number of barbiturate groups is 1. The second kappa shape index (κ2) is 14.2. The van der Waals surface area contributed by atoms with Crippen molar-refractivity contribution in [2.45, 2.75) is 20.1 Å². The largest absolute Gasteiger partial charge is 0.493 e. The number of ether oxygens (including phenoxy) is 4. The van der Waals surface area contributed by atoms with Crippen LogP contribution in [0.15, 0.2) is 90.5 Å². The Balaban J connectivity index is 1.34. The first-order valence-electron chi connectivity index (χ1n) is 13.9. The molecule has 0 radical (unpaired) electrons. The maximum atomic E-state index is 13.2. The van der Waals surface area contributed by atoms with Gasteiger partial charge < -0.3 is 18.9 Å². The van der Waals surface area contributed by atoms with Gasteiger partial charge in [0, 0.05) is 5.02 Å². The lowest BCUT2D eigenvalue weighted by atomic mass is 10.1. The Morgan fingerprint density at radius 3 is 2.22 bits per heavy atom. The van der Waals surface area contributed by atoms with E-state index in [1.54, 1.807) is 6.07 Å². The molecule has 0 aromatic heterocycles. The summed E-state index contributed by atoms with van der Waals surface area (Å²) in [6.07, 6.45) is 1.33. The first kappa shape index (κ1) is 31.4. The molecule has 45 heavy (non-hydrogen) atoms. The summed E-state index contributed by atoms with van der Waals surface area (Å²) >= 11 is 12.5. The zero-order valence-electron chi connectivity index (χ0n) is 24.3. The molecule has 1 aliphatic heterocycles. The molecule has 1 saturated heterocycles. The molecule has 5 rings (SSSR count). The summed E-state index contributed by atoms with van der Waals surface area (Å²) in [5.41, 5.74) is 2.20. The zero-order chi connectivity index (χ0) is 31.9. The number of imide groups is 2. The van der Waals surface area contributed by atoms with Crippen LogP contribution in [0, 0.1) is 0 Å². The Kier molecular flexibility index (Phi) is 9.92. The number of nitrogens with one attached hydrogen (secondary N) is 1. The third-order valence-electron chi connectivity index (χ3n) is 6.68. The van der Waals surface area contributed by atoms with Crippen LogP contribution in [0.25, 0.3) is 6.08 Å². The van der Waals surface area contributed by atoms with Gasteiger partial charge in [0.1, 0.15) is 18.8 Å². The van der Waals surface area contributed by atoms with Gasteiger partial charge in [-0.05, 0) is 78.2 Å². The van der Waals surface area contributed by atoms with Crippen LogP contribution in [0.1, 0.15) is 23.6 Å². The molecule has 0 aliphatic carbocycles. The number of benzene rings is 4. The van der Waals surface area contributed by atoms with Crippen molar-refractivity contribution in [3.8, 4) is 23.0 Å². The van der Waals surface area contributed by atoms with E-state index in [0.717, 1.165) is 16.0 Å². The van der Waals surface area contributed by atoms with Gasteiger partial charge in [0.05, 0.1) is 24.4 Å². The second-order valence-electron chi connectivity index (χ2n) is 9.75. The van der Waals surface area contributed by atoms with Crippen LogP contribution >= 0.6 is 23.2 Å². The molecule has 11 heteroatoms. The number of urea groups is 1. The number of rotatable bonds is 11. The van der Waals surface area contributed by atoms with E-state index in [1.807, 2.05) is 55.5 Å². The molecule has 1 heterocycles. The number of carbonyl (C=O) groups is 3. The van der Waals surface area contributed by atoms with Gasteiger partial charge in [-0.1, -0.05) is 59.6 Å². The molecule has 1 aliphatic rings. The van der Waals surface area contributed by atoms with E-state index < -0.39 is 17.8 Å². The monoisotopic (exact) mass is 646 g/mol. The normalized spacial score (nSPS) is 13.9. The van der Waals surface area contributed by atoms with Crippen molar-refractivity contribution in [3.05, 3.63) is 117 Å². The van der Waals surface area contributed by atoms with Crippen molar-refractivity contribution in [1.29, 1.82) is 0 Å². The summed E-state index contributed by atoms with van der Waals surface area (Å²) in [6.45, 7) is 2.88. The van der Waals surface area contributed by atoms with Gasteiger partial charge in [-0.3, -0.25) is 14.9 Å². The average Bonchev–Trinajstić information content (AvgIpc) is 3.03. The summed E-state index contributed by atoms with van der Waals surface area (Å²) in [7, 11) is 1.45. The fraction of sp³-hybridized carbons (Fsp3) is 0.147. The van der Waals surface area contributed by atoms with E-state index in [9.17, 15) is 14.4 Å². The highest BCUT2D eigenvalue weighted by molar-refractivity contribution is 6.39. The molecule has 0 saturated carbocycles. The first-order valence-corrected chi connectivity index (χ1v) is 14.6. The molecular weight excluding hydrogens is 619 g/mol. The fourth-order valence-electron chi connectivity index (χ4n) is 4.53. The number of methoxy groups -OCH3 is 1. The van der Waals surface area contributed by atoms with Gasteiger partial charge >= 0.3 is 6.03 Å². The Morgan fingerprint density at radius 2 is 1.51 bits per heavy atom. The highest BCUT2D eigenvalue weighted by atomic mass is 35.5. The Bertz CT molecular complexity index is 1760. The van der Waals surface area contributed by atoms with Crippen LogP contribution in [0.4, 0.5) is 10.5 Å². The van der Waals surface area contributed by atoms with Crippen molar-refractivity contribution in [3.63, 3.8) is 0 Å². The van der Waals surface area contributed by atoms with Gasteiger partial charge in [-0.25, -0.2) is 9.69 Å². The van der Waals surface area contributed by atoms with Crippen LogP contribution in [0.5, 0.6) is 23.0 Å². The van der Waals surface area contributed by atoms with Gasteiger partial charge in [-0.15, -0.1) is 0 Å². The Hall–Kier alpha value is -4.99. The maximum absolute atomic E-state index is 13.2. The lowest BCUT2D eigenvalue weighted by molar-refractivity contribution is -0.122. The van der Waals surface area contributed by atoms with E-state index in [4.69, 9.17) is 42.1 Å². The third kappa shape index (κ3) is 7.39. The van der Waals surface area contributed by atoms with E-state index >= 15 is 0 Å². The van der Waals surface area contributed by atoms with Crippen LogP contribution < -0.4 is 29.2 Å². The van der Waals surface area contributed by atoms with Crippen molar-refractivity contribution in [2.75, 3.05) is 18.6 Å². The van der Waals surface area contributed by atoms with Gasteiger partial charge in [0.25, 0.3) is 11.8 Å². The molecule has 4 amide bonds. The molecule has 4 aromatic rings. The summed E-state index contributed by atoms with van der Waals surface area (Å²) in [5.74, 6) is 0.0819. The van der Waals surface area contributed by atoms with Crippen LogP contribution in [0.3, 0.4) is 0 Å². The summed E-state index contributed by atoms with van der Waals surface area (Å²) < 4.78 is 23.4. The van der Waals surface area contributed by atoms with Crippen molar-refractivity contribution >= 4 is 52.8 Å². The lowest BCUT2D eigenvalue weighted by Gasteiger charge is -2.26. The van der Waals surface area contributed by atoms with Gasteiger partial charge in [-0.2, -0.15) is 0 Å². The number of nitrogens with zero attached hydrogens (tertiary/aromatic N) is 1. The van der Waals surface area contributed by atoms with E-state index in [-0.39, 0.29) is 34.4 Å². The minimum absolute atomic E-state index is 0.134.